The molecule has 32 heavy (non-hydrogen) atoms. The molecule has 1 spiro atoms. The van der Waals surface area contributed by atoms with Gasteiger partial charge in [-0.1, -0.05) is 46.3 Å². The fourth-order valence-corrected chi connectivity index (χ4v) is 5.75. The highest BCUT2D eigenvalue weighted by molar-refractivity contribution is 7.16. The molecule has 0 radical (unpaired) electrons. The molecular formula is C22H26ClN5O3S. The molecule has 170 valence electrons. The third kappa shape index (κ3) is 4.16. The van der Waals surface area contributed by atoms with Gasteiger partial charge < -0.3 is 20.2 Å². The number of nitrogens with zero attached hydrogens (tertiary/aromatic N) is 4. The van der Waals surface area contributed by atoms with E-state index in [2.05, 4.69) is 25.3 Å². The van der Waals surface area contributed by atoms with E-state index in [0.717, 1.165) is 47.6 Å². The number of hydrogen-bond donors (Lipinski definition) is 2. The number of nitrogens with one attached hydrogen (secondary N) is 1. The first-order valence-electron chi connectivity index (χ1n) is 10.8. The van der Waals surface area contributed by atoms with Crippen LogP contribution in [0, 0.1) is 5.41 Å². The molecule has 5 rings (SSSR count). The van der Waals surface area contributed by atoms with Gasteiger partial charge in [0.25, 0.3) is 0 Å². The number of anilines is 2. The van der Waals surface area contributed by atoms with Gasteiger partial charge >= 0.3 is 5.97 Å². The number of hydrogen-bond acceptors (Lipinski definition) is 8. The number of carboxylic acids is 1. The standard InChI is InChI=1S/C22H26ClN5O3S/c1-21(19(29)30)7-9-28(10-8-21)17-11-22(31-26-17)13-27(14-22)12-16-18(23)25-20(32-16)24-15-5-3-2-4-6-15/h2-6H,7-14H2,1H3,(H,24,25)(H,29,30). The number of aromatic nitrogens is 1. The Bertz CT molecular complexity index is 1030. The van der Waals surface area contributed by atoms with E-state index in [-0.39, 0.29) is 5.60 Å². The minimum Gasteiger partial charge on any atom is -0.481 e. The molecule has 1 aromatic heterocycles. The fourth-order valence-electron chi connectivity index (χ4n) is 4.53. The summed E-state index contributed by atoms with van der Waals surface area (Å²) >= 11 is 7.95. The summed E-state index contributed by atoms with van der Waals surface area (Å²) in [6.45, 7) is 5.55. The van der Waals surface area contributed by atoms with Crippen LogP contribution in [0.4, 0.5) is 10.8 Å². The summed E-state index contributed by atoms with van der Waals surface area (Å²) in [7, 11) is 0. The molecule has 0 unspecified atom stereocenters. The first-order valence-corrected chi connectivity index (χ1v) is 12.0. The largest absolute Gasteiger partial charge is 0.481 e. The van der Waals surface area contributed by atoms with E-state index in [1.165, 1.54) is 0 Å². The van der Waals surface area contributed by atoms with Gasteiger partial charge in [0, 0.05) is 38.4 Å². The number of para-hydroxylation sites is 1. The van der Waals surface area contributed by atoms with Crippen LogP contribution in [-0.2, 0) is 16.2 Å². The Kier molecular flexibility index (Phi) is 5.51. The molecule has 8 nitrogen and oxygen atoms in total. The van der Waals surface area contributed by atoms with E-state index in [0.29, 0.717) is 31.1 Å². The van der Waals surface area contributed by atoms with Crippen LogP contribution in [0.25, 0.3) is 0 Å². The highest BCUT2D eigenvalue weighted by Gasteiger charge is 2.51. The molecule has 0 aliphatic carbocycles. The van der Waals surface area contributed by atoms with Crippen molar-refractivity contribution in [3.8, 4) is 0 Å². The average Bonchev–Trinajstić information content (AvgIpc) is 3.33. The lowest BCUT2D eigenvalue weighted by molar-refractivity contribution is -0.150. The summed E-state index contributed by atoms with van der Waals surface area (Å²) < 4.78 is 0. The lowest BCUT2D eigenvalue weighted by Gasteiger charge is -2.45. The van der Waals surface area contributed by atoms with Crippen molar-refractivity contribution in [3.05, 3.63) is 40.4 Å². The average molecular weight is 476 g/mol. The highest BCUT2D eigenvalue weighted by atomic mass is 35.5. The molecule has 2 saturated heterocycles. The van der Waals surface area contributed by atoms with Crippen molar-refractivity contribution in [1.82, 2.24) is 14.8 Å². The van der Waals surface area contributed by atoms with E-state index < -0.39 is 11.4 Å². The topological polar surface area (TPSA) is 90.3 Å². The lowest BCUT2D eigenvalue weighted by Crippen LogP contribution is -2.61. The van der Waals surface area contributed by atoms with E-state index in [4.69, 9.17) is 16.4 Å². The molecule has 0 bridgehead atoms. The second-order valence-electron chi connectivity index (χ2n) is 9.18. The number of halogens is 1. The number of aliphatic carboxylic acids is 1. The normalized spacial score (nSPS) is 21.7. The first-order chi connectivity index (χ1) is 15.3. The molecule has 2 N–H and O–H groups in total. The Morgan fingerprint density at radius 1 is 1.28 bits per heavy atom. The molecular weight excluding hydrogens is 450 g/mol. The van der Waals surface area contributed by atoms with Crippen molar-refractivity contribution in [1.29, 1.82) is 0 Å². The molecule has 10 heteroatoms. The zero-order valence-electron chi connectivity index (χ0n) is 17.9. The van der Waals surface area contributed by atoms with Crippen LogP contribution in [0.15, 0.2) is 35.5 Å². The molecule has 2 aromatic rings. The predicted molar refractivity (Wildman–Crippen MR) is 125 cm³/mol. The van der Waals surface area contributed by atoms with Gasteiger partial charge in [-0.25, -0.2) is 4.98 Å². The van der Waals surface area contributed by atoms with Gasteiger partial charge in [-0.2, -0.15) is 0 Å². The number of oxime groups is 1. The molecule has 0 saturated carbocycles. The molecule has 0 atom stereocenters. The number of carbonyl (C=O) groups is 1. The number of thiazole rings is 1. The monoisotopic (exact) mass is 475 g/mol. The highest BCUT2D eigenvalue weighted by Crippen LogP contribution is 2.39. The van der Waals surface area contributed by atoms with Gasteiger partial charge in [-0.3, -0.25) is 9.69 Å². The molecule has 0 amide bonds. The second kappa shape index (κ2) is 8.20. The molecule has 1 aromatic carbocycles. The van der Waals surface area contributed by atoms with Crippen molar-refractivity contribution in [3.63, 3.8) is 0 Å². The summed E-state index contributed by atoms with van der Waals surface area (Å²) in [6, 6.07) is 9.92. The SMILES string of the molecule is CC1(C(=O)O)CCN(C2=NOC3(C2)CN(Cc2sc(Nc4ccccc4)nc2Cl)C3)CC1. The lowest BCUT2D eigenvalue weighted by atomic mass is 9.80. The number of benzene rings is 1. The minimum atomic E-state index is -0.711. The summed E-state index contributed by atoms with van der Waals surface area (Å²) in [4.78, 5) is 27.3. The summed E-state index contributed by atoms with van der Waals surface area (Å²) in [6.07, 6.45) is 2.03. The third-order valence-electron chi connectivity index (χ3n) is 6.64. The van der Waals surface area contributed by atoms with Crippen LogP contribution < -0.4 is 5.32 Å². The van der Waals surface area contributed by atoms with E-state index in [1.54, 1.807) is 11.3 Å². The maximum Gasteiger partial charge on any atom is 0.309 e. The zero-order valence-corrected chi connectivity index (χ0v) is 19.5. The quantitative estimate of drug-likeness (QED) is 0.675. The third-order valence-corrected chi connectivity index (χ3v) is 8.02. The van der Waals surface area contributed by atoms with Crippen LogP contribution in [0.1, 0.15) is 31.1 Å². The molecule has 4 heterocycles. The number of amidine groups is 1. The molecule has 2 fully saturated rings. The van der Waals surface area contributed by atoms with E-state index >= 15 is 0 Å². The summed E-state index contributed by atoms with van der Waals surface area (Å²) in [5.41, 5.74) is 0.0762. The van der Waals surface area contributed by atoms with Crippen LogP contribution in [-0.4, -0.2) is 63.5 Å². The van der Waals surface area contributed by atoms with Crippen molar-refractivity contribution >= 4 is 45.6 Å². The number of rotatable bonds is 5. The van der Waals surface area contributed by atoms with Gasteiger partial charge in [0.1, 0.15) is 11.0 Å². The molecule has 3 aliphatic heterocycles. The van der Waals surface area contributed by atoms with Crippen LogP contribution >= 0.6 is 22.9 Å². The number of carboxylic acid groups (broad SMARTS) is 1. The summed E-state index contributed by atoms with van der Waals surface area (Å²) in [5.74, 6) is 0.235. The minimum absolute atomic E-state index is 0.273. The Hall–Kier alpha value is -2.36. The Morgan fingerprint density at radius 3 is 2.69 bits per heavy atom. The number of likely N-dealkylation sites (tertiary alicyclic amines) is 2. The maximum atomic E-state index is 11.5. The van der Waals surface area contributed by atoms with Gasteiger partial charge in [0.2, 0.25) is 0 Å². The Balaban J connectivity index is 1.12. The van der Waals surface area contributed by atoms with Crippen LogP contribution in [0.2, 0.25) is 5.15 Å². The van der Waals surface area contributed by atoms with Crippen molar-refractivity contribution in [2.24, 2.45) is 10.6 Å². The van der Waals surface area contributed by atoms with Crippen molar-refractivity contribution in [2.45, 2.75) is 38.3 Å². The predicted octanol–water partition coefficient (Wildman–Crippen LogP) is 4.02. The molecule has 3 aliphatic rings. The number of piperidine rings is 1. The van der Waals surface area contributed by atoms with Gasteiger partial charge in [0.15, 0.2) is 10.7 Å². The smallest absolute Gasteiger partial charge is 0.309 e. The Morgan fingerprint density at radius 2 is 2.00 bits per heavy atom. The Labute approximate surface area is 195 Å². The van der Waals surface area contributed by atoms with E-state index in [9.17, 15) is 9.90 Å². The summed E-state index contributed by atoms with van der Waals surface area (Å²) in [5, 5.41) is 18.4. The maximum absolute atomic E-state index is 11.5. The van der Waals surface area contributed by atoms with Crippen LogP contribution in [0.3, 0.4) is 0 Å². The zero-order chi connectivity index (χ0) is 22.3. The first kappa shape index (κ1) is 21.5. The second-order valence-corrected chi connectivity index (χ2v) is 10.6. The van der Waals surface area contributed by atoms with E-state index in [1.807, 2.05) is 37.3 Å². The fraction of sp³-hybridized carbons (Fsp3) is 0.500. The van der Waals surface area contributed by atoms with Gasteiger partial charge in [-0.05, 0) is 31.9 Å². The van der Waals surface area contributed by atoms with Gasteiger partial charge in [-0.15, -0.1) is 0 Å². The van der Waals surface area contributed by atoms with Gasteiger partial charge in [0.05, 0.1) is 16.7 Å². The van der Waals surface area contributed by atoms with Crippen molar-refractivity contribution < 1.29 is 14.7 Å². The van der Waals surface area contributed by atoms with Crippen LogP contribution in [0.5, 0.6) is 0 Å². The van der Waals surface area contributed by atoms with Crippen molar-refractivity contribution in [2.75, 3.05) is 31.5 Å².